The Labute approximate surface area is 148 Å². The standard InChI is InChI=1S/C22H38O2/c1-14-8-10-21(2)15(12-14)4-5-16-17-6-7-19(20(24)13-23)22(17,3)11-9-18(16)21/h14-20,23-24H,4-13H2,1-3H3. The molecule has 4 rings (SSSR count). The summed E-state index contributed by atoms with van der Waals surface area (Å²) in [6.45, 7) is 7.49. The first-order valence-corrected chi connectivity index (χ1v) is 10.7. The van der Waals surface area contributed by atoms with Crippen molar-refractivity contribution in [3.8, 4) is 0 Å². The van der Waals surface area contributed by atoms with Gasteiger partial charge in [0.15, 0.2) is 0 Å². The number of aliphatic hydroxyl groups excluding tert-OH is 2. The van der Waals surface area contributed by atoms with Gasteiger partial charge in [0, 0.05) is 0 Å². The average molecular weight is 335 g/mol. The molecule has 9 atom stereocenters. The molecule has 0 aliphatic heterocycles. The van der Waals surface area contributed by atoms with Crippen molar-refractivity contribution in [2.45, 2.75) is 84.7 Å². The fourth-order valence-electron chi connectivity index (χ4n) is 8.27. The maximum absolute atomic E-state index is 10.4. The second-order valence-corrected chi connectivity index (χ2v) is 10.5. The molecule has 138 valence electrons. The van der Waals surface area contributed by atoms with E-state index in [1.54, 1.807) is 0 Å². The van der Waals surface area contributed by atoms with E-state index in [0.717, 1.165) is 36.0 Å². The molecule has 2 heteroatoms. The van der Waals surface area contributed by atoms with E-state index in [9.17, 15) is 10.2 Å². The number of rotatable bonds is 2. The van der Waals surface area contributed by atoms with E-state index in [1.807, 2.05) is 0 Å². The predicted octanol–water partition coefficient (Wildman–Crippen LogP) is 4.63. The highest BCUT2D eigenvalue weighted by Gasteiger charge is 2.60. The zero-order chi connectivity index (χ0) is 17.1. The quantitative estimate of drug-likeness (QED) is 0.772. The van der Waals surface area contributed by atoms with E-state index in [2.05, 4.69) is 20.8 Å². The SMILES string of the molecule is CC1CCC2(C)C(CCC3C2CCC2(C)C(C(O)CO)CCC32)C1. The number of hydrogen-bond acceptors (Lipinski definition) is 2. The minimum Gasteiger partial charge on any atom is -0.394 e. The van der Waals surface area contributed by atoms with Crippen molar-refractivity contribution in [2.75, 3.05) is 6.61 Å². The largest absolute Gasteiger partial charge is 0.394 e. The Morgan fingerprint density at radius 3 is 2.38 bits per heavy atom. The van der Waals surface area contributed by atoms with Gasteiger partial charge >= 0.3 is 0 Å². The highest BCUT2D eigenvalue weighted by atomic mass is 16.3. The second kappa shape index (κ2) is 5.98. The summed E-state index contributed by atoms with van der Waals surface area (Å²) in [5, 5.41) is 19.9. The molecule has 0 aromatic rings. The predicted molar refractivity (Wildman–Crippen MR) is 97.5 cm³/mol. The van der Waals surface area contributed by atoms with E-state index in [0.29, 0.717) is 11.3 Å². The number of aliphatic hydroxyl groups is 2. The monoisotopic (exact) mass is 334 g/mol. The van der Waals surface area contributed by atoms with Crippen LogP contribution in [0.15, 0.2) is 0 Å². The van der Waals surface area contributed by atoms with Gasteiger partial charge in [-0.3, -0.25) is 0 Å². The Balaban J connectivity index is 1.59. The molecule has 0 amide bonds. The van der Waals surface area contributed by atoms with Gasteiger partial charge in [0.25, 0.3) is 0 Å². The molecule has 0 saturated heterocycles. The molecule has 9 unspecified atom stereocenters. The van der Waals surface area contributed by atoms with E-state index in [1.165, 1.54) is 51.4 Å². The van der Waals surface area contributed by atoms with E-state index >= 15 is 0 Å². The van der Waals surface area contributed by atoms with Crippen molar-refractivity contribution in [2.24, 2.45) is 46.3 Å². The lowest BCUT2D eigenvalue weighted by molar-refractivity contribution is -0.127. The Morgan fingerprint density at radius 2 is 1.62 bits per heavy atom. The lowest BCUT2D eigenvalue weighted by Crippen LogP contribution is -2.54. The summed E-state index contributed by atoms with van der Waals surface area (Å²) in [4.78, 5) is 0. The normalized spacial score (nSPS) is 55.4. The highest BCUT2D eigenvalue weighted by Crippen LogP contribution is 2.68. The molecule has 0 radical (unpaired) electrons. The van der Waals surface area contributed by atoms with Crippen molar-refractivity contribution < 1.29 is 10.2 Å². The van der Waals surface area contributed by atoms with Gasteiger partial charge in [-0.05, 0) is 97.7 Å². The minimum atomic E-state index is -0.501. The van der Waals surface area contributed by atoms with Crippen LogP contribution in [0.5, 0.6) is 0 Å². The van der Waals surface area contributed by atoms with Gasteiger partial charge < -0.3 is 10.2 Å². The van der Waals surface area contributed by atoms with Crippen LogP contribution in [-0.4, -0.2) is 22.9 Å². The molecule has 0 heterocycles. The Morgan fingerprint density at radius 1 is 0.917 bits per heavy atom. The van der Waals surface area contributed by atoms with Crippen LogP contribution in [0.3, 0.4) is 0 Å². The zero-order valence-electron chi connectivity index (χ0n) is 16.0. The van der Waals surface area contributed by atoms with Crippen molar-refractivity contribution in [3.63, 3.8) is 0 Å². The molecule has 0 bridgehead atoms. The molecule has 4 saturated carbocycles. The van der Waals surface area contributed by atoms with Gasteiger partial charge in [0.1, 0.15) is 0 Å². The second-order valence-electron chi connectivity index (χ2n) is 10.5. The summed E-state index contributed by atoms with van der Waals surface area (Å²) in [6, 6.07) is 0. The third-order valence-electron chi connectivity index (χ3n) is 9.65. The van der Waals surface area contributed by atoms with Crippen LogP contribution in [0.4, 0.5) is 0 Å². The van der Waals surface area contributed by atoms with Crippen LogP contribution in [0.1, 0.15) is 78.6 Å². The minimum absolute atomic E-state index is 0.0568. The topological polar surface area (TPSA) is 40.5 Å². The van der Waals surface area contributed by atoms with Crippen molar-refractivity contribution in [3.05, 3.63) is 0 Å². The molecule has 4 aliphatic carbocycles. The molecule has 4 fully saturated rings. The van der Waals surface area contributed by atoms with Crippen LogP contribution < -0.4 is 0 Å². The van der Waals surface area contributed by atoms with Gasteiger partial charge in [-0.15, -0.1) is 0 Å². The lowest BCUT2D eigenvalue weighted by atomic mass is 9.44. The molecule has 0 aromatic heterocycles. The summed E-state index contributed by atoms with van der Waals surface area (Å²) < 4.78 is 0. The van der Waals surface area contributed by atoms with Crippen LogP contribution in [0.2, 0.25) is 0 Å². The van der Waals surface area contributed by atoms with E-state index in [4.69, 9.17) is 0 Å². The summed E-state index contributed by atoms with van der Waals surface area (Å²) in [5.74, 6) is 4.82. The molecule has 0 aromatic carbocycles. The van der Waals surface area contributed by atoms with Crippen molar-refractivity contribution >= 4 is 0 Å². The Kier molecular flexibility index (Phi) is 4.32. The maximum Gasteiger partial charge on any atom is 0.0804 e. The highest BCUT2D eigenvalue weighted by molar-refractivity contribution is 5.09. The molecular formula is C22H38O2. The average Bonchev–Trinajstić information content (AvgIpc) is 2.92. The zero-order valence-corrected chi connectivity index (χ0v) is 16.0. The lowest BCUT2D eigenvalue weighted by Gasteiger charge is -2.61. The van der Waals surface area contributed by atoms with Gasteiger partial charge in [0.2, 0.25) is 0 Å². The van der Waals surface area contributed by atoms with Gasteiger partial charge in [0.05, 0.1) is 12.7 Å². The van der Waals surface area contributed by atoms with Crippen LogP contribution in [0, 0.1) is 46.3 Å². The number of fused-ring (bicyclic) bond motifs is 5. The summed E-state index contributed by atoms with van der Waals surface area (Å²) in [5.41, 5.74) is 0.860. The molecule has 4 aliphatic rings. The summed E-state index contributed by atoms with van der Waals surface area (Å²) in [7, 11) is 0. The first kappa shape index (κ1) is 17.3. The Hall–Kier alpha value is -0.0800. The summed E-state index contributed by atoms with van der Waals surface area (Å²) in [6.07, 6.45) is 11.8. The molecule has 2 nitrogen and oxygen atoms in total. The first-order chi connectivity index (χ1) is 11.4. The van der Waals surface area contributed by atoms with Crippen LogP contribution in [0.25, 0.3) is 0 Å². The van der Waals surface area contributed by atoms with Crippen LogP contribution in [-0.2, 0) is 0 Å². The third-order valence-corrected chi connectivity index (χ3v) is 9.65. The van der Waals surface area contributed by atoms with E-state index in [-0.39, 0.29) is 12.0 Å². The Bertz CT molecular complexity index is 477. The molecular weight excluding hydrogens is 296 g/mol. The van der Waals surface area contributed by atoms with Crippen molar-refractivity contribution in [1.82, 2.24) is 0 Å². The van der Waals surface area contributed by atoms with Crippen molar-refractivity contribution in [1.29, 1.82) is 0 Å². The number of hydrogen-bond donors (Lipinski definition) is 2. The van der Waals surface area contributed by atoms with E-state index < -0.39 is 6.10 Å². The third kappa shape index (κ3) is 2.35. The molecule has 0 spiro atoms. The molecule has 24 heavy (non-hydrogen) atoms. The smallest absolute Gasteiger partial charge is 0.0804 e. The molecule has 2 N–H and O–H groups in total. The fourth-order valence-corrected chi connectivity index (χ4v) is 8.27. The van der Waals surface area contributed by atoms with Gasteiger partial charge in [-0.1, -0.05) is 27.2 Å². The fraction of sp³-hybridized carbons (Fsp3) is 1.00. The first-order valence-electron chi connectivity index (χ1n) is 10.7. The maximum atomic E-state index is 10.4. The van der Waals surface area contributed by atoms with Crippen LogP contribution >= 0.6 is 0 Å². The van der Waals surface area contributed by atoms with Gasteiger partial charge in [-0.2, -0.15) is 0 Å². The summed E-state index contributed by atoms with van der Waals surface area (Å²) >= 11 is 0. The van der Waals surface area contributed by atoms with Gasteiger partial charge in [-0.25, -0.2) is 0 Å².